The van der Waals surface area contributed by atoms with Crippen LogP contribution in [0.25, 0.3) is 0 Å². The highest BCUT2D eigenvalue weighted by Gasteiger charge is 2.39. The molecule has 0 saturated carbocycles. The Balaban J connectivity index is 1.72. The molecule has 1 atom stereocenters. The lowest BCUT2D eigenvalue weighted by Gasteiger charge is -2.23. The van der Waals surface area contributed by atoms with Crippen LogP contribution in [0.3, 0.4) is 0 Å². The van der Waals surface area contributed by atoms with E-state index in [0.717, 1.165) is 16.4 Å². The molecule has 1 N–H and O–H groups in total. The standard InChI is InChI=1S/C15H17FN4O4S/c1-10-18-14(19-24-10)9-17-15(21)13-3-2-8-20(13)25(22,23)12-6-4-11(16)5-7-12/h4-7,13H,2-3,8-9H2,1H3,(H,17,21)/t13-/m1/s1. The maximum atomic E-state index is 13.0. The lowest BCUT2D eigenvalue weighted by atomic mass is 10.2. The third kappa shape index (κ3) is 3.69. The number of amides is 1. The van der Waals surface area contributed by atoms with Crippen LogP contribution in [0, 0.1) is 12.7 Å². The van der Waals surface area contributed by atoms with Crippen molar-refractivity contribution in [3.05, 3.63) is 41.8 Å². The van der Waals surface area contributed by atoms with Gasteiger partial charge in [-0.1, -0.05) is 5.16 Å². The second-order valence-corrected chi connectivity index (χ2v) is 7.57. The highest BCUT2D eigenvalue weighted by Crippen LogP contribution is 2.26. The minimum absolute atomic E-state index is 0.0395. The van der Waals surface area contributed by atoms with E-state index in [-0.39, 0.29) is 18.0 Å². The molecule has 1 aromatic carbocycles. The molecule has 1 fully saturated rings. The number of halogens is 1. The summed E-state index contributed by atoms with van der Waals surface area (Å²) in [6, 6.07) is 3.73. The molecule has 0 radical (unpaired) electrons. The summed E-state index contributed by atoms with van der Waals surface area (Å²) in [4.78, 5) is 16.3. The lowest BCUT2D eigenvalue weighted by molar-refractivity contribution is -0.124. The first kappa shape index (κ1) is 17.5. The molecule has 0 bridgehead atoms. The summed E-state index contributed by atoms with van der Waals surface area (Å²) in [6.07, 6.45) is 0.983. The molecule has 3 rings (SSSR count). The molecule has 0 unspecified atom stereocenters. The van der Waals surface area contributed by atoms with E-state index in [4.69, 9.17) is 4.52 Å². The van der Waals surface area contributed by atoms with Gasteiger partial charge in [0.25, 0.3) is 0 Å². The molecule has 0 aliphatic carbocycles. The van der Waals surface area contributed by atoms with Crippen LogP contribution in [0.4, 0.5) is 4.39 Å². The Bertz CT molecular complexity index is 866. The molecular formula is C15H17FN4O4S. The number of carbonyl (C=O) groups excluding carboxylic acids is 1. The largest absolute Gasteiger partial charge is 0.347 e. The fourth-order valence-corrected chi connectivity index (χ4v) is 4.39. The average Bonchev–Trinajstić information content (AvgIpc) is 3.22. The number of rotatable bonds is 5. The second kappa shape index (κ2) is 6.89. The fourth-order valence-electron chi connectivity index (χ4n) is 2.73. The number of benzene rings is 1. The third-order valence-electron chi connectivity index (χ3n) is 3.92. The van der Waals surface area contributed by atoms with Gasteiger partial charge in [-0.25, -0.2) is 12.8 Å². The highest BCUT2D eigenvalue weighted by atomic mass is 32.2. The molecule has 0 spiro atoms. The van der Waals surface area contributed by atoms with Crippen molar-refractivity contribution in [2.24, 2.45) is 0 Å². The van der Waals surface area contributed by atoms with Crippen molar-refractivity contribution in [1.82, 2.24) is 19.8 Å². The quantitative estimate of drug-likeness (QED) is 0.844. The van der Waals surface area contributed by atoms with E-state index in [0.29, 0.717) is 24.6 Å². The second-order valence-electron chi connectivity index (χ2n) is 5.68. The Labute approximate surface area is 144 Å². The van der Waals surface area contributed by atoms with E-state index in [1.807, 2.05) is 0 Å². The number of hydrogen-bond donors (Lipinski definition) is 1. The first-order chi connectivity index (χ1) is 11.9. The highest BCUT2D eigenvalue weighted by molar-refractivity contribution is 7.89. The van der Waals surface area contributed by atoms with Crippen LogP contribution >= 0.6 is 0 Å². The Hall–Kier alpha value is -2.33. The number of nitrogens with zero attached hydrogens (tertiary/aromatic N) is 3. The van der Waals surface area contributed by atoms with Gasteiger partial charge in [-0.15, -0.1) is 0 Å². The maximum Gasteiger partial charge on any atom is 0.243 e. The predicted octanol–water partition coefficient (Wildman–Crippen LogP) is 0.987. The molecule has 25 heavy (non-hydrogen) atoms. The average molecular weight is 368 g/mol. The SMILES string of the molecule is Cc1nc(CNC(=O)[C@H]2CCCN2S(=O)(=O)c2ccc(F)cc2)no1. The van der Waals surface area contributed by atoms with Crippen LogP contribution in [-0.4, -0.2) is 41.4 Å². The van der Waals surface area contributed by atoms with E-state index in [1.54, 1.807) is 6.92 Å². The van der Waals surface area contributed by atoms with Crippen molar-refractivity contribution in [2.75, 3.05) is 6.54 Å². The van der Waals surface area contributed by atoms with Gasteiger partial charge in [0.2, 0.25) is 21.8 Å². The fraction of sp³-hybridized carbons (Fsp3) is 0.400. The molecule has 1 aromatic heterocycles. The summed E-state index contributed by atoms with van der Waals surface area (Å²) in [5.74, 6) is -0.252. The van der Waals surface area contributed by atoms with Gasteiger partial charge in [0, 0.05) is 13.5 Å². The molecule has 1 aliphatic rings. The van der Waals surface area contributed by atoms with Crippen molar-refractivity contribution >= 4 is 15.9 Å². The van der Waals surface area contributed by atoms with Gasteiger partial charge in [0.15, 0.2) is 5.82 Å². The van der Waals surface area contributed by atoms with Crippen molar-refractivity contribution in [3.63, 3.8) is 0 Å². The molecular weight excluding hydrogens is 351 g/mol. The maximum absolute atomic E-state index is 13.0. The van der Waals surface area contributed by atoms with Crippen LogP contribution < -0.4 is 5.32 Å². The summed E-state index contributed by atoms with van der Waals surface area (Å²) in [7, 11) is -3.87. The van der Waals surface area contributed by atoms with Crippen LogP contribution in [0.5, 0.6) is 0 Å². The minimum atomic E-state index is -3.87. The molecule has 1 amide bonds. The Morgan fingerprint density at radius 1 is 1.40 bits per heavy atom. The molecule has 134 valence electrons. The molecule has 10 heteroatoms. The van der Waals surface area contributed by atoms with Crippen molar-refractivity contribution in [3.8, 4) is 0 Å². The van der Waals surface area contributed by atoms with Crippen LogP contribution in [0.2, 0.25) is 0 Å². The van der Waals surface area contributed by atoms with Crippen molar-refractivity contribution in [1.29, 1.82) is 0 Å². The first-order valence-corrected chi connectivity index (χ1v) is 9.16. The van der Waals surface area contributed by atoms with Crippen molar-refractivity contribution < 1.29 is 22.1 Å². The molecule has 2 heterocycles. The summed E-state index contributed by atoms with van der Waals surface area (Å²) < 4.78 is 44.4. The monoisotopic (exact) mass is 368 g/mol. The van der Waals surface area contributed by atoms with Gasteiger partial charge < -0.3 is 9.84 Å². The number of hydrogen-bond acceptors (Lipinski definition) is 6. The third-order valence-corrected chi connectivity index (χ3v) is 5.84. The first-order valence-electron chi connectivity index (χ1n) is 7.72. The van der Waals surface area contributed by atoms with Gasteiger partial charge in [-0.2, -0.15) is 9.29 Å². The number of carbonyl (C=O) groups is 1. The zero-order valence-electron chi connectivity index (χ0n) is 13.5. The van der Waals surface area contributed by atoms with E-state index in [1.165, 1.54) is 12.1 Å². The van der Waals surface area contributed by atoms with Crippen LogP contribution in [0.15, 0.2) is 33.7 Å². The summed E-state index contributed by atoms with van der Waals surface area (Å²) in [5, 5.41) is 6.30. The van der Waals surface area contributed by atoms with Gasteiger partial charge in [-0.05, 0) is 37.1 Å². The minimum Gasteiger partial charge on any atom is -0.347 e. The predicted molar refractivity (Wildman–Crippen MR) is 84.2 cm³/mol. The Morgan fingerprint density at radius 3 is 2.76 bits per heavy atom. The lowest BCUT2D eigenvalue weighted by Crippen LogP contribution is -2.45. The van der Waals surface area contributed by atoms with Gasteiger partial charge >= 0.3 is 0 Å². The van der Waals surface area contributed by atoms with E-state index < -0.39 is 27.8 Å². The number of aromatic nitrogens is 2. The van der Waals surface area contributed by atoms with Gasteiger partial charge in [0.1, 0.15) is 11.9 Å². The zero-order valence-corrected chi connectivity index (χ0v) is 14.3. The van der Waals surface area contributed by atoms with Crippen LogP contribution in [0.1, 0.15) is 24.6 Å². The summed E-state index contributed by atoms with van der Waals surface area (Å²) >= 11 is 0. The van der Waals surface area contributed by atoms with Gasteiger partial charge in [-0.3, -0.25) is 4.79 Å². The van der Waals surface area contributed by atoms with Crippen molar-refractivity contribution in [2.45, 2.75) is 37.2 Å². The smallest absolute Gasteiger partial charge is 0.243 e. The molecule has 1 aliphatic heterocycles. The van der Waals surface area contributed by atoms with E-state index in [2.05, 4.69) is 15.5 Å². The molecule has 1 saturated heterocycles. The topological polar surface area (TPSA) is 105 Å². The van der Waals surface area contributed by atoms with E-state index in [9.17, 15) is 17.6 Å². The number of aryl methyl sites for hydroxylation is 1. The summed E-state index contributed by atoms with van der Waals surface area (Å²) in [5.41, 5.74) is 0. The number of sulfonamides is 1. The van der Waals surface area contributed by atoms with Crippen LogP contribution in [-0.2, 0) is 21.4 Å². The zero-order chi connectivity index (χ0) is 18.0. The number of nitrogens with one attached hydrogen (secondary N) is 1. The van der Waals surface area contributed by atoms with E-state index >= 15 is 0 Å². The summed E-state index contributed by atoms with van der Waals surface area (Å²) in [6.45, 7) is 1.92. The Kier molecular flexibility index (Phi) is 4.82. The molecule has 8 nitrogen and oxygen atoms in total. The van der Waals surface area contributed by atoms with Gasteiger partial charge in [0.05, 0.1) is 11.4 Å². The molecule has 2 aromatic rings. The Morgan fingerprint density at radius 2 is 2.12 bits per heavy atom. The normalized spacial score (nSPS) is 18.4.